The molecule has 164 valence electrons. The Morgan fingerprint density at radius 3 is 2.73 bits per heavy atom. The van der Waals surface area contributed by atoms with Crippen LogP contribution in [0.4, 0.5) is 17.3 Å². The van der Waals surface area contributed by atoms with Crippen molar-refractivity contribution in [2.45, 2.75) is 0 Å². The van der Waals surface area contributed by atoms with E-state index in [1.807, 2.05) is 18.2 Å². The first-order valence-corrected chi connectivity index (χ1v) is 10.5. The fourth-order valence-corrected chi connectivity index (χ4v) is 3.74. The lowest BCUT2D eigenvalue weighted by atomic mass is 10.2. The molecule has 1 aliphatic heterocycles. The van der Waals surface area contributed by atoms with Crippen molar-refractivity contribution in [3.8, 4) is 23.2 Å². The van der Waals surface area contributed by atoms with Crippen molar-refractivity contribution in [3.63, 3.8) is 0 Å². The molecule has 0 amide bonds. The lowest BCUT2D eigenvalue weighted by molar-refractivity contribution is 0.418. The third-order valence-corrected chi connectivity index (χ3v) is 5.36. The standard InChI is InChI=1S/C23H21N9O/c1-33-19-14-26-13-18-21(19)23(32-8-6-25-7-9-32)31-22(30-18)15-4-5-27-20(10-15)29-17-3-2-16(11-24)28-12-17/h2-5,10,12-14,25H,6-9H2,1H3,(H,27,29). The van der Waals surface area contributed by atoms with Crippen molar-refractivity contribution >= 4 is 28.2 Å². The van der Waals surface area contributed by atoms with Gasteiger partial charge < -0.3 is 20.3 Å². The van der Waals surface area contributed by atoms with Crippen LogP contribution in [-0.4, -0.2) is 58.2 Å². The molecule has 5 rings (SSSR count). The number of piperazine rings is 1. The number of nitrogens with one attached hydrogen (secondary N) is 2. The summed E-state index contributed by atoms with van der Waals surface area (Å²) in [6.07, 6.45) is 6.73. The van der Waals surface area contributed by atoms with Crippen LogP contribution < -0.4 is 20.3 Å². The molecular weight excluding hydrogens is 418 g/mol. The minimum atomic E-state index is 0.358. The maximum atomic E-state index is 8.93. The quantitative estimate of drug-likeness (QED) is 0.479. The van der Waals surface area contributed by atoms with Crippen LogP contribution in [0.5, 0.6) is 5.75 Å². The highest BCUT2D eigenvalue weighted by Crippen LogP contribution is 2.34. The molecule has 0 radical (unpaired) electrons. The highest BCUT2D eigenvalue weighted by molar-refractivity contribution is 5.95. The van der Waals surface area contributed by atoms with Crippen molar-refractivity contribution in [2.24, 2.45) is 0 Å². The number of hydrogen-bond donors (Lipinski definition) is 2. The molecule has 2 N–H and O–H groups in total. The number of hydrogen-bond acceptors (Lipinski definition) is 10. The Bertz CT molecular complexity index is 1330. The average Bonchev–Trinajstić information content (AvgIpc) is 2.88. The van der Waals surface area contributed by atoms with Gasteiger partial charge in [0.2, 0.25) is 0 Å². The molecule has 1 fully saturated rings. The fraction of sp³-hybridized carbons (Fsp3) is 0.217. The van der Waals surface area contributed by atoms with Crippen LogP contribution >= 0.6 is 0 Å². The number of anilines is 3. The van der Waals surface area contributed by atoms with E-state index in [2.05, 4.69) is 30.5 Å². The molecule has 10 heteroatoms. The smallest absolute Gasteiger partial charge is 0.162 e. The maximum absolute atomic E-state index is 8.93. The molecule has 0 aromatic carbocycles. The largest absolute Gasteiger partial charge is 0.494 e. The van der Waals surface area contributed by atoms with E-state index in [0.29, 0.717) is 23.1 Å². The van der Waals surface area contributed by atoms with Crippen molar-refractivity contribution in [2.75, 3.05) is 43.5 Å². The molecule has 0 spiro atoms. The van der Waals surface area contributed by atoms with Crippen LogP contribution in [0.2, 0.25) is 0 Å². The third-order valence-electron chi connectivity index (χ3n) is 5.36. The van der Waals surface area contributed by atoms with Crippen molar-refractivity contribution in [1.29, 1.82) is 5.26 Å². The summed E-state index contributed by atoms with van der Waals surface area (Å²) in [6.45, 7) is 3.45. The zero-order chi connectivity index (χ0) is 22.6. The van der Waals surface area contributed by atoms with E-state index < -0.39 is 0 Å². The second kappa shape index (κ2) is 9.02. The van der Waals surface area contributed by atoms with Crippen LogP contribution in [0.3, 0.4) is 0 Å². The Morgan fingerprint density at radius 1 is 1.09 bits per heavy atom. The van der Waals surface area contributed by atoms with Crippen LogP contribution in [0.25, 0.3) is 22.3 Å². The lowest BCUT2D eigenvalue weighted by Gasteiger charge is -2.29. The van der Waals surface area contributed by atoms with Gasteiger partial charge in [-0.05, 0) is 24.3 Å². The van der Waals surface area contributed by atoms with Gasteiger partial charge in [0.1, 0.15) is 29.1 Å². The van der Waals surface area contributed by atoms with Gasteiger partial charge in [0.15, 0.2) is 5.82 Å². The topological polar surface area (TPSA) is 125 Å². The first-order chi connectivity index (χ1) is 16.2. The first kappa shape index (κ1) is 20.5. The number of ether oxygens (including phenoxy) is 1. The van der Waals surface area contributed by atoms with Gasteiger partial charge in [-0.25, -0.2) is 19.9 Å². The number of nitrogens with zero attached hydrogens (tertiary/aromatic N) is 7. The number of methoxy groups -OCH3 is 1. The van der Waals surface area contributed by atoms with Crippen LogP contribution in [0.1, 0.15) is 5.69 Å². The van der Waals surface area contributed by atoms with E-state index in [9.17, 15) is 0 Å². The molecular formula is C23H21N9O. The van der Waals surface area contributed by atoms with Crippen LogP contribution in [0.15, 0.2) is 49.1 Å². The van der Waals surface area contributed by atoms with Crippen LogP contribution in [0, 0.1) is 11.3 Å². The second-order valence-electron chi connectivity index (χ2n) is 7.44. The summed E-state index contributed by atoms with van der Waals surface area (Å²) in [5.41, 5.74) is 2.62. The highest BCUT2D eigenvalue weighted by Gasteiger charge is 2.20. The second-order valence-corrected chi connectivity index (χ2v) is 7.44. The predicted octanol–water partition coefficient (Wildman–Crippen LogP) is 2.52. The molecule has 10 nitrogen and oxygen atoms in total. The van der Waals surface area contributed by atoms with Gasteiger partial charge in [-0.2, -0.15) is 5.26 Å². The van der Waals surface area contributed by atoms with Crippen molar-refractivity contribution in [1.82, 2.24) is 30.2 Å². The maximum Gasteiger partial charge on any atom is 0.162 e. The molecule has 33 heavy (non-hydrogen) atoms. The Hall–Kier alpha value is -4.36. The monoisotopic (exact) mass is 439 g/mol. The zero-order valence-corrected chi connectivity index (χ0v) is 18.0. The number of aromatic nitrogens is 5. The van der Waals surface area contributed by atoms with E-state index >= 15 is 0 Å². The molecule has 4 aromatic heterocycles. The molecule has 0 unspecified atom stereocenters. The minimum absolute atomic E-state index is 0.358. The summed E-state index contributed by atoms with van der Waals surface area (Å²) in [4.78, 5) is 24.7. The molecule has 4 aromatic rings. The number of nitriles is 1. The molecule has 0 saturated carbocycles. The van der Waals surface area contributed by atoms with Crippen molar-refractivity contribution < 1.29 is 4.74 Å². The number of fused-ring (bicyclic) bond motifs is 1. The van der Waals surface area contributed by atoms with Gasteiger partial charge in [-0.1, -0.05) is 0 Å². The SMILES string of the molecule is COc1cncc2nc(-c3ccnc(Nc4ccc(C#N)nc4)c3)nc(N3CCNCC3)c12. The first-order valence-electron chi connectivity index (χ1n) is 10.5. The van der Waals surface area contributed by atoms with E-state index in [1.165, 1.54) is 0 Å². The third kappa shape index (κ3) is 4.22. The van der Waals surface area contributed by atoms with E-state index in [0.717, 1.165) is 54.2 Å². The summed E-state index contributed by atoms with van der Waals surface area (Å²) >= 11 is 0. The van der Waals surface area contributed by atoms with Gasteiger partial charge in [-0.15, -0.1) is 0 Å². The summed E-state index contributed by atoms with van der Waals surface area (Å²) in [5, 5.41) is 16.4. The van der Waals surface area contributed by atoms with E-state index in [1.54, 1.807) is 44.0 Å². The molecule has 0 aliphatic carbocycles. The predicted molar refractivity (Wildman–Crippen MR) is 124 cm³/mol. The van der Waals surface area contributed by atoms with Crippen molar-refractivity contribution in [3.05, 3.63) is 54.7 Å². The molecule has 0 atom stereocenters. The summed E-state index contributed by atoms with van der Waals surface area (Å²) in [5.74, 6) is 2.68. The minimum Gasteiger partial charge on any atom is -0.494 e. The normalized spacial score (nSPS) is 13.5. The number of pyridine rings is 3. The molecule has 1 aliphatic rings. The summed E-state index contributed by atoms with van der Waals surface area (Å²) in [6, 6.07) is 9.20. The van der Waals surface area contributed by atoms with Crippen LogP contribution in [-0.2, 0) is 0 Å². The van der Waals surface area contributed by atoms with Gasteiger partial charge in [0, 0.05) is 37.9 Å². The fourth-order valence-electron chi connectivity index (χ4n) is 3.74. The molecule has 5 heterocycles. The van der Waals surface area contributed by atoms with Gasteiger partial charge in [0.25, 0.3) is 0 Å². The Balaban J connectivity index is 1.55. The Morgan fingerprint density at radius 2 is 1.97 bits per heavy atom. The Kier molecular flexibility index (Phi) is 5.61. The highest BCUT2D eigenvalue weighted by atomic mass is 16.5. The summed E-state index contributed by atoms with van der Waals surface area (Å²) < 4.78 is 5.58. The summed E-state index contributed by atoms with van der Waals surface area (Å²) in [7, 11) is 1.63. The van der Waals surface area contributed by atoms with Gasteiger partial charge in [0.05, 0.1) is 42.3 Å². The molecule has 1 saturated heterocycles. The number of rotatable bonds is 5. The average molecular weight is 439 g/mol. The van der Waals surface area contributed by atoms with E-state index in [-0.39, 0.29) is 0 Å². The van der Waals surface area contributed by atoms with E-state index in [4.69, 9.17) is 20.0 Å². The van der Waals surface area contributed by atoms with Gasteiger partial charge in [-0.3, -0.25) is 4.98 Å². The Labute approximate surface area is 190 Å². The lowest BCUT2D eigenvalue weighted by Crippen LogP contribution is -2.44. The molecule has 0 bridgehead atoms. The van der Waals surface area contributed by atoms with Gasteiger partial charge >= 0.3 is 0 Å². The zero-order valence-electron chi connectivity index (χ0n) is 18.0.